The van der Waals surface area contributed by atoms with Crippen LogP contribution < -0.4 is 10.2 Å². The average molecular weight is 294 g/mol. The number of quaternary nitrogens is 1. The van der Waals surface area contributed by atoms with Crippen LogP contribution in [0.1, 0.15) is 36.2 Å². The van der Waals surface area contributed by atoms with Crippen molar-refractivity contribution in [2.24, 2.45) is 0 Å². The Morgan fingerprint density at radius 1 is 1.45 bits per heavy atom. The van der Waals surface area contributed by atoms with Crippen molar-refractivity contribution >= 4 is 23.3 Å². The van der Waals surface area contributed by atoms with Gasteiger partial charge in [-0.1, -0.05) is 6.92 Å². The highest BCUT2D eigenvalue weighted by Crippen LogP contribution is 2.26. The number of rotatable bonds is 3. The minimum atomic E-state index is -0.236. The molecule has 1 saturated heterocycles. The van der Waals surface area contributed by atoms with Crippen LogP contribution in [0.3, 0.4) is 0 Å². The van der Waals surface area contributed by atoms with Gasteiger partial charge in [-0.3, -0.25) is 4.79 Å². The molecule has 1 aromatic rings. The first kappa shape index (κ1) is 13.6. The number of amides is 3. The van der Waals surface area contributed by atoms with Crippen LogP contribution in [0.4, 0.5) is 4.79 Å². The maximum absolute atomic E-state index is 11.9. The summed E-state index contributed by atoms with van der Waals surface area (Å²) < 4.78 is 0. The molecule has 0 aliphatic carbocycles. The molecular formula is C14H20N3O2S+. The molecule has 3 rings (SSSR count). The van der Waals surface area contributed by atoms with E-state index in [0.717, 1.165) is 19.4 Å². The summed E-state index contributed by atoms with van der Waals surface area (Å²) in [5, 5.41) is 4.90. The highest BCUT2D eigenvalue weighted by molar-refractivity contribution is 7.10. The summed E-state index contributed by atoms with van der Waals surface area (Å²) in [6.45, 7) is 4.12. The lowest BCUT2D eigenvalue weighted by molar-refractivity contribution is -0.941. The Labute approximate surface area is 122 Å². The predicted molar refractivity (Wildman–Crippen MR) is 76.6 cm³/mol. The van der Waals surface area contributed by atoms with Crippen LogP contribution >= 0.6 is 11.3 Å². The number of hydrogen-bond donors (Lipinski definition) is 2. The largest absolute Gasteiger partial charge is 0.337 e. The molecule has 0 bridgehead atoms. The van der Waals surface area contributed by atoms with Crippen molar-refractivity contribution < 1.29 is 14.5 Å². The van der Waals surface area contributed by atoms with E-state index in [9.17, 15) is 9.59 Å². The van der Waals surface area contributed by atoms with Crippen molar-refractivity contribution in [3.05, 3.63) is 21.9 Å². The van der Waals surface area contributed by atoms with Gasteiger partial charge in [-0.15, -0.1) is 11.3 Å². The van der Waals surface area contributed by atoms with Crippen LogP contribution in [0.15, 0.2) is 11.4 Å². The molecule has 2 atom stereocenters. The van der Waals surface area contributed by atoms with Crippen molar-refractivity contribution in [3.63, 3.8) is 0 Å². The van der Waals surface area contributed by atoms with Crippen LogP contribution in [-0.4, -0.2) is 36.6 Å². The molecule has 0 spiro atoms. The molecule has 1 fully saturated rings. The monoisotopic (exact) mass is 294 g/mol. The minimum absolute atomic E-state index is 0.0489. The molecule has 6 heteroatoms. The molecule has 0 aromatic carbocycles. The third-order valence-corrected chi connectivity index (χ3v) is 5.25. The molecule has 3 heterocycles. The first-order valence-electron chi connectivity index (χ1n) is 7.19. The maximum atomic E-state index is 11.9. The van der Waals surface area contributed by atoms with Gasteiger partial charge >= 0.3 is 6.03 Å². The standard InChI is InChI=1S/C14H19N3O2S/c1-2-11-10-5-8-20-12(10)4-7-16(11)9-17-13(18)3-6-15-14(17)19/h5,8,11H,2-4,6-7,9H2,1H3,(H,15,19)/p+1/t11-/m0/s1. The van der Waals surface area contributed by atoms with Crippen LogP contribution in [0.5, 0.6) is 0 Å². The SMILES string of the molecule is CC[C@H]1c2ccsc2CC[NH+]1CN1C(=O)CCNC1=O. The topological polar surface area (TPSA) is 53.9 Å². The van der Waals surface area contributed by atoms with E-state index in [1.807, 2.05) is 11.3 Å². The number of urea groups is 1. The second-order valence-corrected chi connectivity index (χ2v) is 6.38. The van der Waals surface area contributed by atoms with E-state index < -0.39 is 0 Å². The predicted octanol–water partition coefficient (Wildman–Crippen LogP) is 0.540. The van der Waals surface area contributed by atoms with Gasteiger partial charge in [0.1, 0.15) is 6.04 Å². The fourth-order valence-electron chi connectivity index (χ4n) is 3.21. The first-order valence-corrected chi connectivity index (χ1v) is 8.07. The summed E-state index contributed by atoms with van der Waals surface area (Å²) >= 11 is 1.82. The van der Waals surface area contributed by atoms with Crippen LogP contribution in [0, 0.1) is 0 Å². The van der Waals surface area contributed by atoms with Crippen molar-refractivity contribution in [2.75, 3.05) is 19.8 Å². The Hall–Kier alpha value is -1.40. The van der Waals surface area contributed by atoms with Gasteiger partial charge in [0.25, 0.3) is 0 Å². The lowest BCUT2D eigenvalue weighted by Crippen LogP contribution is -3.15. The van der Waals surface area contributed by atoms with Crippen molar-refractivity contribution in [2.45, 2.75) is 32.2 Å². The summed E-state index contributed by atoms with van der Waals surface area (Å²) in [4.78, 5) is 28.0. The summed E-state index contributed by atoms with van der Waals surface area (Å²) in [5.41, 5.74) is 1.41. The summed E-state index contributed by atoms with van der Waals surface area (Å²) in [5.74, 6) is -0.0489. The van der Waals surface area contributed by atoms with Crippen molar-refractivity contribution in [1.29, 1.82) is 0 Å². The average Bonchev–Trinajstić information content (AvgIpc) is 2.91. The Morgan fingerprint density at radius 2 is 2.30 bits per heavy atom. The molecule has 20 heavy (non-hydrogen) atoms. The minimum Gasteiger partial charge on any atom is -0.337 e. The Balaban J connectivity index is 1.77. The van der Waals surface area contributed by atoms with E-state index in [1.54, 1.807) is 0 Å². The Kier molecular flexibility index (Phi) is 3.76. The van der Waals surface area contributed by atoms with E-state index in [-0.39, 0.29) is 11.9 Å². The summed E-state index contributed by atoms with van der Waals surface area (Å²) in [6, 6.07) is 2.36. The van der Waals surface area contributed by atoms with E-state index in [4.69, 9.17) is 0 Å². The zero-order chi connectivity index (χ0) is 14.1. The van der Waals surface area contributed by atoms with Gasteiger partial charge in [-0.2, -0.15) is 0 Å². The molecule has 108 valence electrons. The van der Waals surface area contributed by atoms with Gasteiger partial charge in [-0.25, -0.2) is 9.69 Å². The fraction of sp³-hybridized carbons (Fsp3) is 0.571. The third kappa shape index (κ3) is 2.33. The third-order valence-electron chi connectivity index (χ3n) is 4.25. The molecule has 3 amide bonds. The number of carbonyl (C=O) groups excluding carboxylic acids is 2. The number of carbonyl (C=O) groups is 2. The number of thiophene rings is 1. The highest BCUT2D eigenvalue weighted by atomic mass is 32.1. The lowest BCUT2D eigenvalue weighted by Gasteiger charge is -2.36. The molecule has 2 N–H and O–H groups in total. The quantitative estimate of drug-likeness (QED) is 0.855. The molecule has 2 aliphatic heterocycles. The van der Waals surface area contributed by atoms with Gasteiger partial charge in [0, 0.05) is 36.2 Å². The smallest absolute Gasteiger partial charge is 0.328 e. The Bertz CT molecular complexity index is 512. The number of fused-ring (bicyclic) bond motifs is 1. The second kappa shape index (κ2) is 5.54. The molecular weight excluding hydrogens is 274 g/mol. The fourth-order valence-corrected chi connectivity index (χ4v) is 4.16. The zero-order valence-corrected chi connectivity index (χ0v) is 12.5. The first-order chi connectivity index (χ1) is 9.70. The maximum Gasteiger partial charge on any atom is 0.328 e. The Morgan fingerprint density at radius 3 is 3.05 bits per heavy atom. The molecule has 1 aromatic heterocycles. The summed E-state index contributed by atoms with van der Waals surface area (Å²) in [7, 11) is 0. The number of nitrogens with one attached hydrogen (secondary N) is 2. The number of nitrogens with zero attached hydrogens (tertiary/aromatic N) is 1. The molecule has 1 unspecified atom stereocenters. The molecule has 0 radical (unpaired) electrons. The van der Waals surface area contributed by atoms with Crippen LogP contribution in [0.2, 0.25) is 0 Å². The van der Waals surface area contributed by atoms with Crippen molar-refractivity contribution in [1.82, 2.24) is 10.2 Å². The van der Waals surface area contributed by atoms with Gasteiger partial charge in [0.05, 0.1) is 6.54 Å². The van der Waals surface area contributed by atoms with Gasteiger partial charge in [0.2, 0.25) is 5.91 Å². The lowest BCUT2D eigenvalue weighted by atomic mass is 9.98. The van der Waals surface area contributed by atoms with E-state index in [0.29, 0.717) is 25.7 Å². The van der Waals surface area contributed by atoms with E-state index in [2.05, 4.69) is 23.7 Å². The van der Waals surface area contributed by atoms with Gasteiger partial charge < -0.3 is 10.2 Å². The van der Waals surface area contributed by atoms with Crippen molar-refractivity contribution in [3.8, 4) is 0 Å². The van der Waals surface area contributed by atoms with Crippen LogP contribution in [0.25, 0.3) is 0 Å². The van der Waals surface area contributed by atoms with E-state index >= 15 is 0 Å². The normalized spacial score (nSPS) is 26.4. The zero-order valence-electron chi connectivity index (χ0n) is 11.6. The highest BCUT2D eigenvalue weighted by Gasteiger charge is 2.35. The second-order valence-electron chi connectivity index (χ2n) is 5.38. The number of imide groups is 1. The van der Waals surface area contributed by atoms with Gasteiger partial charge in [0.15, 0.2) is 6.67 Å². The molecule has 0 saturated carbocycles. The molecule has 2 aliphatic rings. The molecule has 5 nitrogen and oxygen atoms in total. The van der Waals surface area contributed by atoms with Crippen LogP contribution in [-0.2, 0) is 11.2 Å². The number of hydrogen-bond acceptors (Lipinski definition) is 3. The van der Waals surface area contributed by atoms with E-state index in [1.165, 1.54) is 20.2 Å². The summed E-state index contributed by atoms with van der Waals surface area (Å²) in [6.07, 6.45) is 2.49. The van der Waals surface area contributed by atoms with Gasteiger partial charge in [-0.05, 0) is 11.4 Å².